The van der Waals surface area contributed by atoms with Gasteiger partial charge in [-0.1, -0.05) is 29.8 Å². The molecule has 2 amide bonds. The minimum Gasteiger partial charge on any atom is -0.336 e. The highest BCUT2D eigenvalue weighted by atomic mass is 32.1. The maximum Gasteiger partial charge on any atom is 0.318 e. The summed E-state index contributed by atoms with van der Waals surface area (Å²) in [7, 11) is 0. The van der Waals surface area contributed by atoms with E-state index in [1.165, 1.54) is 45.8 Å². The molecule has 5 heteroatoms. The van der Waals surface area contributed by atoms with Gasteiger partial charge < -0.3 is 14.8 Å². The molecular formula is C25H29N3OS. The highest BCUT2D eigenvalue weighted by molar-refractivity contribution is 7.15. The first kappa shape index (κ1) is 19.4. The normalized spacial score (nSPS) is 17.9. The van der Waals surface area contributed by atoms with Crippen LogP contribution in [0.1, 0.15) is 65.6 Å². The molecule has 2 aliphatic rings. The zero-order chi connectivity index (χ0) is 20.8. The number of hydrogen-bond acceptors (Lipinski definition) is 2. The zero-order valence-electron chi connectivity index (χ0n) is 17.9. The highest BCUT2D eigenvalue weighted by Crippen LogP contribution is 2.44. The van der Waals surface area contributed by atoms with Crippen molar-refractivity contribution in [3.05, 3.63) is 75.4 Å². The molecule has 5 rings (SSSR count). The monoisotopic (exact) mass is 419 g/mol. The Bertz CT molecular complexity index is 1080. The topological polar surface area (TPSA) is 37.3 Å². The summed E-state index contributed by atoms with van der Waals surface area (Å²) >= 11 is 1.93. The second-order valence-electron chi connectivity index (χ2n) is 8.84. The molecule has 3 heterocycles. The van der Waals surface area contributed by atoms with Gasteiger partial charge in [-0.25, -0.2) is 4.79 Å². The molecule has 0 fully saturated rings. The molecule has 1 unspecified atom stereocenters. The Kier molecular flexibility index (Phi) is 4.94. The second kappa shape index (κ2) is 7.62. The lowest BCUT2D eigenvalue weighted by atomic mass is 9.95. The van der Waals surface area contributed by atoms with Crippen LogP contribution in [0.25, 0.3) is 5.00 Å². The summed E-state index contributed by atoms with van der Waals surface area (Å²) in [5, 5.41) is 4.46. The fourth-order valence-corrected chi connectivity index (χ4v) is 6.22. The molecule has 0 bridgehead atoms. The predicted molar refractivity (Wildman–Crippen MR) is 123 cm³/mol. The van der Waals surface area contributed by atoms with Gasteiger partial charge in [0.1, 0.15) is 5.00 Å². The van der Waals surface area contributed by atoms with E-state index >= 15 is 0 Å². The maximum absolute atomic E-state index is 13.5. The largest absolute Gasteiger partial charge is 0.336 e. The van der Waals surface area contributed by atoms with Crippen molar-refractivity contribution in [1.29, 1.82) is 0 Å². The van der Waals surface area contributed by atoms with Crippen LogP contribution < -0.4 is 5.32 Å². The smallest absolute Gasteiger partial charge is 0.318 e. The van der Waals surface area contributed by atoms with E-state index in [1.807, 2.05) is 30.1 Å². The van der Waals surface area contributed by atoms with Crippen molar-refractivity contribution in [3.63, 3.8) is 0 Å². The minimum atomic E-state index is -0.113. The Morgan fingerprint density at radius 2 is 1.87 bits per heavy atom. The number of amides is 2. The average molecular weight is 420 g/mol. The van der Waals surface area contributed by atoms with Crippen molar-refractivity contribution in [2.45, 2.75) is 65.1 Å². The maximum atomic E-state index is 13.5. The summed E-state index contributed by atoms with van der Waals surface area (Å²) in [6, 6.07) is 12.9. The number of benzene rings is 1. The summed E-state index contributed by atoms with van der Waals surface area (Å²) in [6.45, 7) is 6.81. The molecular weight excluding hydrogens is 390 g/mol. The Balaban J connectivity index is 1.69. The number of rotatable bonds is 2. The molecule has 3 aromatic rings. The van der Waals surface area contributed by atoms with E-state index in [9.17, 15) is 4.79 Å². The third kappa shape index (κ3) is 3.25. The van der Waals surface area contributed by atoms with E-state index < -0.39 is 0 Å². The van der Waals surface area contributed by atoms with Gasteiger partial charge in [-0.3, -0.25) is 0 Å². The number of nitrogens with zero attached hydrogens (tertiary/aromatic N) is 2. The molecule has 0 saturated carbocycles. The zero-order valence-corrected chi connectivity index (χ0v) is 18.8. The van der Waals surface area contributed by atoms with Crippen LogP contribution in [0.3, 0.4) is 0 Å². The number of carbonyl (C=O) groups excluding carboxylic acids is 1. The first-order valence-corrected chi connectivity index (χ1v) is 11.8. The summed E-state index contributed by atoms with van der Waals surface area (Å²) in [4.78, 5) is 17.0. The van der Waals surface area contributed by atoms with E-state index in [2.05, 4.69) is 59.4 Å². The number of urea groups is 1. The molecule has 1 N–H and O–H groups in total. The van der Waals surface area contributed by atoms with Gasteiger partial charge in [0, 0.05) is 22.7 Å². The van der Waals surface area contributed by atoms with Crippen molar-refractivity contribution >= 4 is 17.4 Å². The summed E-state index contributed by atoms with van der Waals surface area (Å²) in [5.41, 5.74) is 6.39. The first-order valence-electron chi connectivity index (χ1n) is 11.0. The van der Waals surface area contributed by atoms with Crippen LogP contribution in [-0.4, -0.2) is 21.5 Å². The van der Waals surface area contributed by atoms with Crippen LogP contribution >= 0.6 is 11.3 Å². The molecule has 2 aromatic heterocycles. The fraction of sp³-hybridized carbons (Fsp3) is 0.400. The van der Waals surface area contributed by atoms with Crippen molar-refractivity contribution in [3.8, 4) is 5.00 Å². The highest BCUT2D eigenvalue weighted by Gasteiger charge is 2.36. The molecule has 30 heavy (non-hydrogen) atoms. The summed E-state index contributed by atoms with van der Waals surface area (Å²) in [5.74, 6) is 0. The van der Waals surface area contributed by atoms with Gasteiger partial charge >= 0.3 is 6.03 Å². The number of nitrogens with one attached hydrogen (secondary N) is 1. The quantitative estimate of drug-likeness (QED) is 0.564. The summed E-state index contributed by atoms with van der Waals surface area (Å²) in [6.07, 6.45) is 6.99. The van der Waals surface area contributed by atoms with Crippen molar-refractivity contribution in [1.82, 2.24) is 14.8 Å². The molecule has 1 aromatic carbocycles. The van der Waals surface area contributed by atoms with E-state index in [1.54, 1.807) is 0 Å². The van der Waals surface area contributed by atoms with Gasteiger partial charge in [0.05, 0.1) is 18.3 Å². The van der Waals surface area contributed by atoms with Crippen LogP contribution in [0, 0.1) is 6.92 Å². The Labute approximate surface area is 182 Å². The predicted octanol–water partition coefficient (Wildman–Crippen LogP) is 5.75. The fourth-order valence-electron chi connectivity index (χ4n) is 4.82. The number of hydrogen-bond donors (Lipinski definition) is 1. The molecule has 0 radical (unpaired) electrons. The van der Waals surface area contributed by atoms with Crippen LogP contribution in [0.2, 0.25) is 0 Å². The number of fused-ring (bicyclic) bond motifs is 5. The van der Waals surface area contributed by atoms with E-state index in [-0.39, 0.29) is 18.1 Å². The van der Waals surface area contributed by atoms with Crippen molar-refractivity contribution in [2.24, 2.45) is 0 Å². The number of aryl methyl sites for hydroxylation is 2. The van der Waals surface area contributed by atoms with Crippen LogP contribution in [-0.2, 0) is 19.4 Å². The molecule has 0 spiro atoms. The average Bonchev–Trinajstić information content (AvgIpc) is 3.30. The number of thiophene rings is 1. The third-order valence-electron chi connectivity index (χ3n) is 6.24. The van der Waals surface area contributed by atoms with Crippen molar-refractivity contribution < 1.29 is 4.79 Å². The van der Waals surface area contributed by atoms with Crippen molar-refractivity contribution in [2.75, 3.05) is 0 Å². The Morgan fingerprint density at radius 1 is 1.10 bits per heavy atom. The summed E-state index contributed by atoms with van der Waals surface area (Å²) < 4.78 is 2.34. The van der Waals surface area contributed by atoms with E-state index in [0.717, 1.165) is 17.7 Å². The van der Waals surface area contributed by atoms with Gasteiger partial charge in [-0.05, 0) is 69.7 Å². The molecule has 1 aliphatic heterocycles. The van der Waals surface area contributed by atoms with Gasteiger partial charge in [-0.15, -0.1) is 11.3 Å². The van der Waals surface area contributed by atoms with Gasteiger partial charge in [0.25, 0.3) is 0 Å². The molecule has 1 aliphatic carbocycles. The van der Waals surface area contributed by atoms with Gasteiger partial charge in [0.15, 0.2) is 0 Å². The lowest BCUT2D eigenvalue weighted by molar-refractivity contribution is 0.178. The molecule has 0 saturated heterocycles. The SMILES string of the molecule is Cc1ccc(C2c3cccn3-c3sc4c(c3CN2C(=O)NC(C)C)CCCC4)cc1. The van der Waals surface area contributed by atoms with Crippen LogP contribution in [0.5, 0.6) is 0 Å². The third-order valence-corrected chi connectivity index (χ3v) is 7.58. The van der Waals surface area contributed by atoms with Gasteiger partial charge in [-0.2, -0.15) is 0 Å². The second-order valence-corrected chi connectivity index (χ2v) is 9.93. The Hall–Kier alpha value is -2.53. The van der Waals surface area contributed by atoms with Gasteiger partial charge in [0.2, 0.25) is 0 Å². The number of carbonyl (C=O) groups is 1. The standard InChI is InChI=1S/C25H29N3OS/c1-16(2)26-25(29)28-15-20-19-7-4-5-9-22(19)30-24(20)27-14-6-8-21(27)23(28)18-12-10-17(3)11-13-18/h6,8,10-14,16,23H,4-5,7,9,15H2,1-3H3,(H,26,29). The van der Waals surface area contributed by atoms with Crippen LogP contribution in [0.15, 0.2) is 42.6 Å². The lowest BCUT2D eigenvalue weighted by Crippen LogP contribution is -2.44. The van der Waals surface area contributed by atoms with E-state index in [4.69, 9.17) is 0 Å². The first-order chi connectivity index (χ1) is 14.5. The van der Waals surface area contributed by atoms with Crippen LogP contribution in [0.4, 0.5) is 4.79 Å². The number of aromatic nitrogens is 1. The molecule has 156 valence electrons. The Morgan fingerprint density at radius 3 is 2.63 bits per heavy atom. The van der Waals surface area contributed by atoms with E-state index in [0.29, 0.717) is 6.54 Å². The minimum absolute atomic E-state index is 0.00642. The molecule has 4 nitrogen and oxygen atoms in total. The molecule has 1 atom stereocenters. The lowest BCUT2D eigenvalue weighted by Gasteiger charge is -2.32.